The van der Waals surface area contributed by atoms with E-state index in [0.29, 0.717) is 15.8 Å². The van der Waals surface area contributed by atoms with Crippen LogP contribution in [0.4, 0.5) is 0 Å². The van der Waals surface area contributed by atoms with Gasteiger partial charge in [0.05, 0.1) is 30.8 Å². The highest BCUT2D eigenvalue weighted by Crippen LogP contribution is 2.38. The summed E-state index contributed by atoms with van der Waals surface area (Å²) in [6.45, 7) is 2.01. The Hall–Kier alpha value is -2.93. The molecular formula is C27H28Cl2N5O+. The minimum Gasteiger partial charge on any atom is -0.495 e. The molecule has 1 atom stereocenters. The highest BCUT2D eigenvalue weighted by Gasteiger charge is 2.37. The lowest BCUT2D eigenvalue weighted by atomic mass is 9.96. The number of nitrogens with one attached hydrogen (secondary N) is 1. The molecule has 1 saturated heterocycles. The van der Waals surface area contributed by atoms with E-state index in [1.807, 2.05) is 47.1 Å². The number of ether oxygens (including phenoxy) is 1. The van der Waals surface area contributed by atoms with Crippen molar-refractivity contribution in [3.05, 3.63) is 105 Å². The molecule has 0 amide bonds. The van der Waals surface area contributed by atoms with Crippen LogP contribution in [0.3, 0.4) is 0 Å². The predicted octanol–water partition coefficient (Wildman–Crippen LogP) is 4.78. The number of aromatic nitrogens is 4. The second-order valence-corrected chi connectivity index (χ2v) is 9.71. The van der Waals surface area contributed by atoms with Crippen LogP contribution in [0.1, 0.15) is 53.9 Å². The fourth-order valence-electron chi connectivity index (χ4n) is 5.17. The average Bonchev–Trinajstić information content (AvgIpc) is 3.35. The lowest BCUT2D eigenvalue weighted by Crippen LogP contribution is -3.13. The van der Waals surface area contributed by atoms with Crippen molar-refractivity contribution in [2.24, 2.45) is 0 Å². The van der Waals surface area contributed by atoms with Crippen molar-refractivity contribution in [1.29, 1.82) is 0 Å². The predicted molar refractivity (Wildman–Crippen MR) is 137 cm³/mol. The molecule has 1 aliphatic heterocycles. The number of tetrazole rings is 1. The van der Waals surface area contributed by atoms with Gasteiger partial charge in [-0.1, -0.05) is 83.9 Å². The third-order valence-electron chi connectivity index (χ3n) is 6.71. The van der Waals surface area contributed by atoms with E-state index in [0.717, 1.165) is 48.4 Å². The first-order valence-electron chi connectivity index (χ1n) is 11.9. The molecule has 0 aliphatic carbocycles. The Bertz CT molecular complexity index is 1220. The third-order valence-corrected chi connectivity index (χ3v) is 7.21. The Morgan fingerprint density at radius 1 is 0.886 bits per heavy atom. The quantitative estimate of drug-likeness (QED) is 0.390. The van der Waals surface area contributed by atoms with E-state index in [4.69, 9.17) is 27.9 Å². The standard InChI is InChI=1S/C27H27Cl2N5O/c1-35-26-22(17-21(28)18-23(26)29)25(33-15-9-4-10-16-33)27-30-31-32-34(27)24(19-11-5-2-6-12-19)20-13-7-3-8-14-20/h2-3,5-8,11-14,17-18,24-25H,4,9-10,15-16H2,1H3/p+1/t25-/m1/s1. The van der Waals surface area contributed by atoms with E-state index >= 15 is 0 Å². The van der Waals surface area contributed by atoms with E-state index in [-0.39, 0.29) is 12.1 Å². The van der Waals surface area contributed by atoms with Gasteiger partial charge in [-0.3, -0.25) is 0 Å². The van der Waals surface area contributed by atoms with E-state index < -0.39 is 0 Å². The summed E-state index contributed by atoms with van der Waals surface area (Å²) >= 11 is 13.1. The molecule has 0 bridgehead atoms. The summed E-state index contributed by atoms with van der Waals surface area (Å²) in [6.07, 6.45) is 3.51. The van der Waals surface area contributed by atoms with Gasteiger partial charge in [0.1, 0.15) is 11.8 Å². The molecule has 8 heteroatoms. The van der Waals surface area contributed by atoms with Crippen LogP contribution in [0.2, 0.25) is 10.0 Å². The molecule has 35 heavy (non-hydrogen) atoms. The first-order chi connectivity index (χ1) is 17.2. The van der Waals surface area contributed by atoms with Gasteiger partial charge >= 0.3 is 0 Å². The maximum absolute atomic E-state index is 6.60. The monoisotopic (exact) mass is 508 g/mol. The van der Waals surface area contributed by atoms with Gasteiger partial charge < -0.3 is 9.64 Å². The number of nitrogens with zero attached hydrogens (tertiary/aromatic N) is 4. The fourth-order valence-corrected chi connectivity index (χ4v) is 5.75. The van der Waals surface area contributed by atoms with E-state index in [2.05, 4.69) is 39.8 Å². The molecule has 1 fully saturated rings. The van der Waals surface area contributed by atoms with Crippen molar-refractivity contribution in [3.63, 3.8) is 0 Å². The largest absolute Gasteiger partial charge is 0.495 e. The Kier molecular flexibility index (Phi) is 7.32. The van der Waals surface area contributed by atoms with Gasteiger partial charge in [0.25, 0.3) is 0 Å². The Balaban J connectivity index is 1.71. The molecule has 5 rings (SSSR count). The van der Waals surface area contributed by atoms with Crippen molar-refractivity contribution in [2.45, 2.75) is 31.3 Å². The molecular weight excluding hydrogens is 481 g/mol. The number of quaternary nitrogens is 1. The number of piperidine rings is 1. The minimum absolute atomic E-state index is 0.185. The Morgan fingerprint density at radius 2 is 1.51 bits per heavy atom. The minimum atomic E-state index is -0.189. The molecule has 1 aromatic heterocycles. The van der Waals surface area contributed by atoms with Crippen molar-refractivity contribution in [1.82, 2.24) is 20.2 Å². The summed E-state index contributed by atoms with van der Waals surface area (Å²) < 4.78 is 7.74. The molecule has 0 radical (unpaired) electrons. The fraction of sp³-hybridized carbons (Fsp3) is 0.296. The van der Waals surface area contributed by atoms with Gasteiger partial charge in [-0.2, -0.15) is 0 Å². The number of hydrogen-bond donors (Lipinski definition) is 1. The van der Waals surface area contributed by atoms with Crippen LogP contribution >= 0.6 is 23.2 Å². The van der Waals surface area contributed by atoms with Gasteiger partial charge in [-0.15, -0.1) is 5.10 Å². The van der Waals surface area contributed by atoms with Crippen molar-refractivity contribution in [3.8, 4) is 5.75 Å². The second kappa shape index (κ2) is 10.8. The van der Waals surface area contributed by atoms with Crippen molar-refractivity contribution >= 4 is 23.2 Å². The lowest BCUT2D eigenvalue weighted by molar-refractivity contribution is -0.931. The summed E-state index contributed by atoms with van der Waals surface area (Å²) in [5.74, 6) is 1.38. The molecule has 0 saturated carbocycles. The van der Waals surface area contributed by atoms with Gasteiger partial charge in [0, 0.05) is 5.02 Å². The summed E-state index contributed by atoms with van der Waals surface area (Å²) in [6, 6.07) is 24.0. The van der Waals surface area contributed by atoms with Gasteiger partial charge in [-0.25, -0.2) is 4.68 Å². The molecule has 6 nitrogen and oxygen atoms in total. The van der Waals surface area contributed by atoms with Crippen LogP contribution < -0.4 is 9.64 Å². The first kappa shape index (κ1) is 23.8. The van der Waals surface area contributed by atoms with Crippen LogP contribution in [0, 0.1) is 0 Å². The highest BCUT2D eigenvalue weighted by molar-refractivity contribution is 6.35. The number of hydrogen-bond acceptors (Lipinski definition) is 4. The van der Waals surface area contributed by atoms with Crippen molar-refractivity contribution in [2.75, 3.05) is 20.2 Å². The Morgan fingerprint density at radius 3 is 2.11 bits per heavy atom. The van der Waals surface area contributed by atoms with Gasteiger partial charge in [-0.05, 0) is 52.9 Å². The zero-order valence-electron chi connectivity index (χ0n) is 19.6. The molecule has 1 N–H and O–H groups in total. The molecule has 2 heterocycles. The maximum atomic E-state index is 6.60. The van der Waals surface area contributed by atoms with Crippen LogP contribution in [0.15, 0.2) is 72.8 Å². The second-order valence-electron chi connectivity index (χ2n) is 8.87. The number of likely N-dealkylation sites (tertiary alicyclic amines) is 1. The summed E-state index contributed by atoms with van der Waals surface area (Å²) in [5, 5.41) is 14.4. The summed E-state index contributed by atoms with van der Waals surface area (Å²) in [5.41, 5.74) is 3.12. The molecule has 1 aliphatic rings. The first-order valence-corrected chi connectivity index (χ1v) is 12.7. The zero-order valence-corrected chi connectivity index (χ0v) is 21.1. The lowest BCUT2D eigenvalue weighted by Gasteiger charge is -2.32. The molecule has 0 unspecified atom stereocenters. The van der Waals surface area contributed by atoms with Crippen LogP contribution in [0.25, 0.3) is 0 Å². The topological polar surface area (TPSA) is 57.3 Å². The van der Waals surface area contributed by atoms with Crippen LogP contribution in [-0.4, -0.2) is 40.4 Å². The zero-order chi connectivity index (χ0) is 24.2. The van der Waals surface area contributed by atoms with Gasteiger partial charge in [0.2, 0.25) is 5.82 Å². The smallest absolute Gasteiger partial charge is 0.215 e. The summed E-state index contributed by atoms with van der Waals surface area (Å²) in [4.78, 5) is 1.38. The average molecular weight is 509 g/mol. The number of benzene rings is 3. The van der Waals surface area contributed by atoms with E-state index in [1.54, 1.807) is 13.2 Å². The molecule has 0 spiro atoms. The molecule has 3 aromatic carbocycles. The SMILES string of the molecule is COc1c(Cl)cc(Cl)cc1[C@H](c1nnnn1C(c1ccccc1)c1ccccc1)[NH+]1CCCCC1. The number of methoxy groups -OCH3 is 1. The highest BCUT2D eigenvalue weighted by atomic mass is 35.5. The van der Waals surface area contributed by atoms with Crippen LogP contribution in [-0.2, 0) is 0 Å². The maximum Gasteiger partial charge on any atom is 0.215 e. The number of halogens is 2. The van der Waals surface area contributed by atoms with Crippen LogP contribution in [0.5, 0.6) is 5.75 Å². The van der Waals surface area contributed by atoms with E-state index in [1.165, 1.54) is 11.3 Å². The van der Waals surface area contributed by atoms with Crippen molar-refractivity contribution < 1.29 is 9.64 Å². The molecule has 180 valence electrons. The third kappa shape index (κ3) is 4.92. The van der Waals surface area contributed by atoms with E-state index in [9.17, 15) is 0 Å². The number of rotatable bonds is 7. The van der Waals surface area contributed by atoms with Gasteiger partial charge in [0.15, 0.2) is 6.04 Å². The Labute approximate surface area is 215 Å². The summed E-state index contributed by atoms with van der Waals surface area (Å²) in [7, 11) is 1.64. The normalized spacial score (nSPS) is 15.3. The molecule has 4 aromatic rings.